The fourth-order valence-electron chi connectivity index (χ4n) is 2.61. The van der Waals surface area contributed by atoms with E-state index in [1.54, 1.807) is 0 Å². The topological polar surface area (TPSA) is 179 Å². The van der Waals surface area contributed by atoms with Gasteiger partial charge in [-0.1, -0.05) is 0 Å². The van der Waals surface area contributed by atoms with Crippen LogP contribution in [0.4, 0.5) is 0 Å². The number of benzene rings is 2. The van der Waals surface area contributed by atoms with E-state index in [2.05, 4.69) is 10.6 Å². The van der Waals surface area contributed by atoms with Gasteiger partial charge in [-0.25, -0.2) is 26.4 Å². The quantitative estimate of drug-likeness (QED) is 0.285. The Morgan fingerprint density at radius 3 is 1.19 bits per heavy atom. The van der Waals surface area contributed by atoms with Gasteiger partial charge in [-0.15, -0.1) is 0 Å². The molecule has 0 fully saturated rings. The lowest BCUT2D eigenvalue weighted by Crippen LogP contribution is -2.38. The van der Waals surface area contributed by atoms with E-state index in [-0.39, 0.29) is 34.0 Å². The molecule has 2 aromatic carbocycles. The smallest absolute Gasteiger partial charge is 0.338 e. The number of esters is 2. The molecule has 0 unspecified atom stereocenters. The summed E-state index contributed by atoms with van der Waals surface area (Å²) >= 11 is 0. The highest BCUT2D eigenvalue weighted by Crippen LogP contribution is 2.12. The fourth-order valence-corrected chi connectivity index (χ4v) is 3.87. The van der Waals surface area contributed by atoms with Gasteiger partial charge in [0.25, 0.3) is 11.8 Å². The normalized spacial score (nSPS) is 11.3. The standard InChI is InChI=1S/C22H24N2O10S2/c1-35(29,30)17-7-3-15(4-8-17)21(27)33-13-19(25)23-11-12-24-20(26)14-34-22(28)16-5-9-18(10-6-16)36(2,31)32/h3-10H,11-14H2,1-2H3,(H,23,25)(H,24,26). The van der Waals surface area contributed by atoms with Crippen LogP contribution < -0.4 is 10.6 Å². The van der Waals surface area contributed by atoms with Crippen LogP contribution in [0.2, 0.25) is 0 Å². The van der Waals surface area contributed by atoms with Crippen molar-refractivity contribution in [2.75, 3.05) is 38.8 Å². The van der Waals surface area contributed by atoms with Crippen LogP contribution in [0.1, 0.15) is 20.7 Å². The summed E-state index contributed by atoms with van der Waals surface area (Å²) in [6.45, 7) is -1.16. The van der Waals surface area contributed by atoms with Gasteiger partial charge in [0.05, 0.1) is 20.9 Å². The van der Waals surface area contributed by atoms with E-state index < -0.39 is 56.6 Å². The van der Waals surface area contributed by atoms with Crippen LogP contribution in [0.3, 0.4) is 0 Å². The zero-order chi connectivity index (χ0) is 26.9. The van der Waals surface area contributed by atoms with Crippen molar-refractivity contribution < 1.29 is 45.5 Å². The molecule has 0 radical (unpaired) electrons. The Hall–Kier alpha value is -3.78. The molecule has 14 heteroatoms. The van der Waals surface area contributed by atoms with Crippen LogP contribution >= 0.6 is 0 Å². The van der Waals surface area contributed by atoms with Crippen molar-refractivity contribution >= 4 is 43.4 Å². The van der Waals surface area contributed by atoms with Crippen LogP contribution in [0.15, 0.2) is 58.3 Å². The molecule has 194 valence electrons. The Labute approximate surface area is 207 Å². The molecule has 2 rings (SSSR count). The third-order valence-electron chi connectivity index (χ3n) is 4.47. The molecule has 0 aliphatic heterocycles. The number of hydrogen-bond acceptors (Lipinski definition) is 10. The summed E-state index contributed by atoms with van der Waals surface area (Å²) in [6.07, 6.45) is 2.06. The Bertz CT molecular complexity index is 1230. The van der Waals surface area contributed by atoms with Crippen LogP contribution in [0.25, 0.3) is 0 Å². The van der Waals surface area contributed by atoms with Crippen LogP contribution in [-0.4, -0.2) is 79.4 Å². The molecule has 2 amide bonds. The van der Waals surface area contributed by atoms with E-state index in [9.17, 15) is 36.0 Å². The van der Waals surface area contributed by atoms with Gasteiger partial charge in [0.2, 0.25) is 0 Å². The van der Waals surface area contributed by atoms with Crippen molar-refractivity contribution in [3.8, 4) is 0 Å². The maximum Gasteiger partial charge on any atom is 0.338 e. The SMILES string of the molecule is CS(=O)(=O)c1ccc(C(=O)OCC(=O)NCCNC(=O)COC(=O)c2ccc(S(C)(=O)=O)cc2)cc1. The second kappa shape index (κ2) is 12.3. The van der Waals surface area contributed by atoms with Gasteiger partial charge in [-0.05, 0) is 48.5 Å². The molecule has 0 saturated carbocycles. The molecule has 2 aromatic rings. The maximum atomic E-state index is 11.9. The third-order valence-corrected chi connectivity index (χ3v) is 6.73. The van der Waals surface area contributed by atoms with Gasteiger partial charge in [0, 0.05) is 25.6 Å². The van der Waals surface area contributed by atoms with Crippen molar-refractivity contribution in [1.29, 1.82) is 0 Å². The van der Waals surface area contributed by atoms with Crippen molar-refractivity contribution in [1.82, 2.24) is 10.6 Å². The van der Waals surface area contributed by atoms with E-state index in [1.807, 2.05) is 0 Å². The lowest BCUT2D eigenvalue weighted by molar-refractivity contribution is -0.125. The van der Waals surface area contributed by atoms with E-state index in [1.165, 1.54) is 48.5 Å². The molecule has 0 aromatic heterocycles. The molecule has 0 aliphatic rings. The van der Waals surface area contributed by atoms with Crippen LogP contribution in [-0.2, 0) is 38.7 Å². The molecular formula is C22H24N2O10S2. The molecule has 36 heavy (non-hydrogen) atoms. The minimum atomic E-state index is -3.41. The first-order valence-corrected chi connectivity index (χ1v) is 14.0. The second-order valence-electron chi connectivity index (χ2n) is 7.45. The third kappa shape index (κ3) is 9.11. The van der Waals surface area contributed by atoms with Gasteiger partial charge in [0.15, 0.2) is 32.9 Å². The first-order valence-electron chi connectivity index (χ1n) is 10.3. The Kier molecular flexibility index (Phi) is 9.69. The second-order valence-corrected chi connectivity index (χ2v) is 11.5. The van der Waals surface area contributed by atoms with E-state index >= 15 is 0 Å². The minimum Gasteiger partial charge on any atom is -0.452 e. The highest BCUT2D eigenvalue weighted by Gasteiger charge is 2.14. The summed E-state index contributed by atoms with van der Waals surface area (Å²) in [6, 6.07) is 10.1. The van der Waals surface area contributed by atoms with Gasteiger partial charge >= 0.3 is 11.9 Å². The molecule has 0 bridgehead atoms. The molecule has 0 aliphatic carbocycles. The highest BCUT2D eigenvalue weighted by molar-refractivity contribution is 7.91. The first kappa shape index (κ1) is 28.5. The zero-order valence-electron chi connectivity index (χ0n) is 19.3. The number of nitrogens with one attached hydrogen (secondary N) is 2. The lowest BCUT2D eigenvalue weighted by Gasteiger charge is -2.09. The first-order chi connectivity index (χ1) is 16.8. The largest absolute Gasteiger partial charge is 0.452 e. The molecule has 0 saturated heterocycles. The summed E-state index contributed by atoms with van der Waals surface area (Å²) in [5.41, 5.74) is 0.145. The van der Waals surface area contributed by atoms with Gasteiger partial charge < -0.3 is 20.1 Å². The van der Waals surface area contributed by atoms with Crippen molar-refractivity contribution in [3.05, 3.63) is 59.7 Å². The van der Waals surface area contributed by atoms with E-state index in [0.717, 1.165) is 12.5 Å². The monoisotopic (exact) mass is 540 g/mol. The molecule has 2 N–H and O–H groups in total. The lowest BCUT2D eigenvalue weighted by atomic mass is 10.2. The molecule has 0 spiro atoms. The number of hydrogen-bond donors (Lipinski definition) is 2. The molecular weight excluding hydrogens is 516 g/mol. The maximum absolute atomic E-state index is 11.9. The number of ether oxygens (including phenoxy) is 2. The summed E-state index contributed by atoms with van der Waals surface area (Å²) in [7, 11) is -6.81. The molecule has 0 heterocycles. The number of rotatable bonds is 11. The van der Waals surface area contributed by atoms with E-state index in [0.29, 0.717) is 0 Å². The summed E-state index contributed by atoms with van der Waals surface area (Å²) in [5.74, 6) is -2.89. The summed E-state index contributed by atoms with van der Waals surface area (Å²) in [5, 5.41) is 4.83. The van der Waals surface area contributed by atoms with Crippen molar-refractivity contribution in [2.45, 2.75) is 9.79 Å². The summed E-state index contributed by atoms with van der Waals surface area (Å²) < 4.78 is 55.4. The zero-order valence-corrected chi connectivity index (χ0v) is 21.0. The fraction of sp³-hybridized carbons (Fsp3) is 0.273. The number of amides is 2. The Morgan fingerprint density at radius 1 is 0.611 bits per heavy atom. The highest BCUT2D eigenvalue weighted by atomic mass is 32.2. The predicted molar refractivity (Wildman–Crippen MR) is 126 cm³/mol. The van der Waals surface area contributed by atoms with Gasteiger partial charge in [-0.3, -0.25) is 9.59 Å². The number of sulfone groups is 2. The van der Waals surface area contributed by atoms with Gasteiger partial charge in [0.1, 0.15) is 0 Å². The Morgan fingerprint density at radius 2 is 0.917 bits per heavy atom. The van der Waals surface area contributed by atoms with Crippen LogP contribution in [0, 0.1) is 0 Å². The minimum absolute atomic E-state index is 0.00603. The van der Waals surface area contributed by atoms with E-state index in [4.69, 9.17) is 9.47 Å². The summed E-state index contributed by atoms with van der Waals surface area (Å²) in [4.78, 5) is 47.5. The predicted octanol–water partition coefficient (Wildman–Crippen LogP) is -0.260. The average Bonchev–Trinajstić information content (AvgIpc) is 2.82. The Balaban J connectivity index is 1.64. The van der Waals surface area contributed by atoms with Crippen LogP contribution in [0.5, 0.6) is 0 Å². The van der Waals surface area contributed by atoms with Gasteiger partial charge in [-0.2, -0.15) is 0 Å². The molecule has 12 nitrogen and oxygen atoms in total. The molecule has 0 atom stereocenters. The number of carbonyl (C=O) groups is 4. The number of carbonyl (C=O) groups excluding carboxylic acids is 4. The average molecular weight is 541 g/mol. The van der Waals surface area contributed by atoms with Crippen molar-refractivity contribution in [2.24, 2.45) is 0 Å². The van der Waals surface area contributed by atoms with Crippen molar-refractivity contribution in [3.63, 3.8) is 0 Å².